The molecule has 4 rings (SSSR count). The van der Waals surface area contributed by atoms with Crippen molar-refractivity contribution in [1.29, 1.82) is 0 Å². The molecule has 3 aromatic rings. The summed E-state index contributed by atoms with van der Waals surface area (Å²) in [6.07, 6.45) is 2.57. The minimum atomic E-state index is -3.77. The van der Waals surface area contributed by atoms with Crippen LogP contribution in [0.15, 0.2) is 63.5 Å². The van der Waals surface area contributed by atoms with Gasteiger partial charge in [0.25, 0.3) is 5.69 Å². The monoisotopic (exact) mass is 460 g/mol. The Morgan fingerprint density at radius 2 is 1.81 bits per heavy atom. The molecule has 12 heteroatoms. The summed E-state index contributed by atoms with van der Waals surface area (Å²) in [7, 11) is -3.77. The number of rotatable bonds is 7. The molecule has 0 amide bonds. The predicted octanol–water partition coefficient (Wildman–Crippen LogP) is 2.96. The first kappa shape index (κ1) is 21.4. The molecule has 1 aliphatic rings. The number of nitro benzene ring substituents is 1. The Bertz CT molecular complexity index is 1180. The van der Waals surface area contributed by atoms with E-state index in [0.29, 0.717) is 24.8 Å². The third-order valence-corrected chi connectivity index (χ3v) is 7.89. The van der Waals surface area contributed by atoms with Crippen LogP contribution in [0.5, 0.6) is 0 Å². The minimum absolute atomic E-state index is 0.0747. The van der Waals surface area contributed by atoms with Crippen molar-refractivity contribution in [3.05, 3.63) is 64.2 Å². The van der Waals surface area contributed by atoms with Gasteiger partial charge < -0.3 is 0 Å². The SMILES string of the molecule is O=[N+]([O-])c1cc(S(=O)(=O)N2CCCCC2)ccc1Sc1nnnn1Cc1ccccc1. The van der Waals surface area contributed by atoms with Gasteiger partial charge in [0.05, 0.1) is 21.3 Å². The highest BCUT2D eigenvalue weighted by molar-refractivity contribution is 7.99. The molecule has 10 nitrogen and oxygen atoms in total. The van der Waals surface area contributed by atoms with Gasteiger partial charge in [0.1, 0.15) is 0 Å². The average Bonchev–Trinajstić information content (AvgIpc) is 3.21. The Labute approximate surface area is 183 Å². The van der Waals surface area contributed by atoms with Gasteiger partial charge in [-0.25, -0.2) is 13.1 Å². The topological polar surface area (TPSA) is 124 Å². The standard InChI is InChI=1S/C19H20N6O4S2/c26-25(27)17-13-16(31(28,29)23-11-5-2-6-12-23)9-10-18(17)30-19-20-21-22-24(19)14-15-7-3-1-4-8-15/h1,3-4,7-10,13H,2,5-6,11-12,14H2. The summed E-state index contributed by atoms with van der Waals surface area (Å²) in [5, 5.41) is 23.7. The van der Waals surface area contributed by atoms with Gasteiger partial charge >= 0.3 is 0 Å². The van der Waals surface area contributed by atoms with Crippen molar-refractivity contribution in [1.82, 2.24) is 24.5 Å². The normalized spacial score (nSPS) is 15.1. The molecular formula is C19H20N6O4S2. The zero-order valence-electron chi connectivity index (χ0n) is 16.5. The van der Waals surface area contributed by atoms with Crippen LogP contribution in [0.4, 0.5) is 5.69 Å². The highest BCUT2D eigenvalue weighted by atomic mass is 32.2. The van der Waals surface area contributed by atoms with Crippen LogP contribution in [0.25, 0.3) is 0 Å². The molecule has 0 radical (unpaired) electrons. The van der Waals surface area contributed by atoms with Crippen LogP contribution in [0, 0.1) is 10.1 Å². The van der Waals surface area contributed by atoms with Gasteiger partial charge in [0.15, 0.2) is 0 Å². The van der Waals surface area contributed by atoms with Crippen LogP contribution < -0.4 is 0 Å². The molecule has 0 atom stereocenters. The lowest BCUT2D eigenvalue weighted by atomic mass is 10.2. The number of nitrogens with zero attached hydrogens (tertiary/aromatic N) is 6. The van der Waals surface area contributed by atoms with Crippen LogP contribution in [0.3, 0.4) is 0 Å². The number of aromatic nitrogens is 4. The Morgan fingerprint density at radius 3 is 2.52 bits per heavy atom. The molecule has 31 heavy (non-hydrogen) atoms. The fourth-order valence-electron chi connectivity index (χ4n) is 3.36. The van der Waals surface area contributed by atoms with Gasteiger partial charge in [-0.2, -0.15) is 4.31 Å². The van der Waals surface area contributed by atoms with Crippen LogP contribution in [0.2, 0.25) is 0 Å². The van der Waals surface area contributed by atoms with Gasteiger partial charge in [-0.3, -0.25) is 10.1 Å². The van der Waals surface area contributed by atoms with Crippen LogP contribution >= 0.6 is 11.8 Å². The number of nitro groups is 1. The molecule has 162 valence electrons. The molecule has 1 aromatic heterocycles. The molecule has 0 unspecified atom stereocenters. The van der Waals surface area contributed by atoms with Gasteiger partial charge in [-0.1, -0.05) is 36.8 Å². The molecule has 1 aliphatic heterocycles. The molecule has 0 spiro atoms. The predicted molar refractivity (Wildman–Crippen MR) is 113 cm³/mol. The molecule has 1 saturated heterocycles. The van der Waals surface area contributed by atoms with Crippen molar-refractivity contribution in [2.24, 2.45) is 0 Å². The number of benzene rings is 2. The summed E-state index contributed by atoms with van der Waals surface area (Å²) in [6, 6.07) is 13.5. The quantitative estimate of drug-likeness (QED) is 0.389. The van der Waals surface area contributed by atoms with Crippen molar-refractivity contribution >= 4 is 27.5 Å². The van der Waals surface area contributed by atoms with E-state index in [1.807, 2.05) is 30.3 Å². The highest BCUT2D eigenvalue weighted by Gasteiger charge is 2.29. The number of hydrogen-bond donors (Lipinski definition) is 0. The molecule has 1 fully saturated rings. The largest absolute Gasteiger partial charge is 0.284 e. The van der Waals surface area contributed by atoms with Crippen molar-refractivity contribution < 1.29 is 13.3 Å². The maximum Gasteiger partial charge on any atom is 0.284 e. The lowest BCUT2D eigenvalue weighted by molar-refractivity contribution is -0.388. The molecule has 2 aromatic carbocycles. The van der Waals surface area contributed by atoms with Gasteiger partial charge in [0, 0.05) is 19.2 Å². The van der Waals surface area contributed by atoms with E-state index < -0.39 is 14.9 Å². The average molecular weight is 461 g/mol. The fraction of sp³-hybridized carbons (Fsp3) is 0.316. The number of tetrazole rings is 1. The molecule has 0 bridgehead atoms. The van der Waals surface area contributed by atoms with E-state index in [-0.39, 0.29) is 15.5 Å². The summed E-state index contributed by atoms with van der Waals surface area (Å²) >= 11 is 1.03. The number of hydrogen-bond acceptors (Lipinski definition) is 8. The van der Waals surface area contributed by atoms with Crippen LogP contribution in [-0.4, -0.2) is 50.9 Å². The summed E-state index contributed by atoms with van der Waals surface area (Å²) in [5.74, 6) is 0. The van der Waals surface area contributed by atoms with Crippen LogP contribution in [0.1, 0.15) is 24.8 Å². The van der Waals surface area contributed by atoms with Crippen LogP contribution in [-0.2, 0) is 16.6 Å². The first-order chi connectivity index (χ1) is 14.9. The molecule has 0 N–H and O–H groups in total. The van der Waals surface area contributed by atoms with Gasteiger partial charge in [0.2, 0.25) is 15.2 Å². The fourth-order valence-corrected chi connectivity index (χ4v) is 5.76. The van der Waals surface area contributed by atoms with E-state index in [2.05, 4.69) is 15.5 Å². The summed E-state index contributed by atoms with van der Waals surface area (Å²) in [6.45, 7) is 1.27. The second-order valence-electron chi connectivity index (χ2n) is 7.06. The van der Waals surface area contributed by atoms with E-state index in [9.17, 15) is 18.5 Å². The second-order valence-corrected chi connectivity index (χ2v) is 10.0. The van der Waals surface area contributed by atoms with Gasteiger partial charge in [-0.15, -0.1) is 5.10 Å². The minimum Gasteiger partial charge on any atom is -0.258 e. The Kier molecular flexibility index (Phi) is 6.30. The number of piperidine rings is 1. The maximum atomic E-state index is 12.9. The van der Waals surface area contributed by atoms with E-state index >= 15 is 0 Å². The molecule has 0 aliphatic carbocycles. The van der Waals surface area contributed by atoms with E-state index in [1.54, 1.807) is 4.68 Å². The summed E-state index contributed by atoms with van der Waals surface area (Å²) in [5.41, 5.74) is 0.687. The van der Waals surface area contributed by atoms with Crippen molar-refractivity contribution in [3.8, 4) is 0 Å². The molecule has 2 heterocycles. The van der Waals surface area contributed by atoms with E-state index in [4.69, 9.17) is 0 Å². The number of sulfonamides is 1. The summed E-state index contributed by atoms with van der Waals surface area (Å²) in [4.78, 5) is 11.3. The first-order valence-electron chi connectivity index (χ1n) is 9.72. The second kappa shape index (κ2) is 9.12. The summed E-state index contributed by atoms with van der Waals surface area (Å²) < 4.78 is 28.8. The Balaban J connectivity index is 1.62. The van der Waals surface area contributed by atoms with Crippen molar-refractivity contribution in [3.63, 3.8) is 0 Å². The highest BCUT2D eigenvalue weighted by Crippen LogP contribution is 2.36. The third-order valence-electron chi connectivity index (χ3n) is 4.96. The molecule has 0 saturated carbocycles. The smallest absolute Gasteiger partial charge is 0.258 e. The van der Waals surface area contributed by atoms with E-state index in [0.717, 1.165) is 42.7 Å². The van der Waals surface area contributed by atoms with Crippen molar-refractivity contribution in [2.45, 2.75) is 40.8 Å². The molecular weight excluding hydrogens is 440 g/mol. The lowest BCUT2D eigenvalue weighted by Crippen LogP contribution is -2.35. The van der Waals surface area contributed by atoms with Gasteiger partial charge in [-0.05, 0) is 52.7 Å². The maximum absolute atomic E-state index is 12.9. The lowest BCUT2D eigenvalue weighted by Gasteiger charge is -2.25. The Hall–Kier alpha value is -2.83. The first-order valence-corrected chi connectivity index (χ1v) is 12.0. The zero-order chi connectivity index (χ0) is 21.8. The Morgan fingerprint density at radius 1 is 1.06 bits per heavy atom. The third kappa shape index (κ3) is 4.75. The van der Waals surface area contributed by atoms with Crippen molar-refractivity contribution in [2.75, 3.05) is 13.1 Å². The zero-order valence-corrected chi connectivity index (χ0v) is 18.1. The van der Waals surface area contributed by atoms with E-state index in [1.165, 1.54) is 16.4 Å².